The maximum atomic E-state index is 4.28. The molecule has 5 nitrogen and oxygen atoms in total. The van der Waals surface area contributed by atoms with Crippen LogP contribution in [0.4, 0.5) is 5.82 Å². The summed E-state index contributed by atoms with van der Waals surface area (Å²) in [5.74, 6) is 0.817. The molecular weight excluding hydrogens is 210 g/mol. The monoisotopic (exact) mass is 223 g/mol. The van der Waals surface area contributed by atoms with Crippen LogP contribution in [0.15, 0.2) is 12.3 Å². The lowest BCUT2D eigenvalue weighted by Gasteiger charge is -2.04. The van der Waals surface area contributed by atoms with E-state index < -0.39 is 0 Å². The second-order valence-corrected chi connectivity index (χ2v) is 3.68. The van der Waals surface area contributed by atoms with Gasteiger partial charge in [-0.05, 0) is 12.5 Å². The van der Waals surface area contributed by atoms with Crippen molar-refractivity contribution in [3.8, 4) is 11.4 Å². The highest BCUT2D eigenvalue weighted by Gasteiger charge is 2.13. The molecule has 0 radical (unpaired) electrons. The second-order valence-electron chi connectivity index (χ2n) is 3.15. The average molecular weight is 223 g/mol. The predicted octanol–water partition coefficient (Wildman–Crippen LogP) is 1.85. The summed E-state index contributed by atoms with van der Waals surface area (Å²) in [6.45, 7) is 3.03. The predicted molar refractivity (Wildman–Crippen MR) is 61.0 cm³/mol. The average Bonchev–Trinajstić information content (AvgIpc) is 2.84. The minimum atomic E-state index is 0.817. The molecule has 0 aliphatic rings. The van der Waals surface area contributed by atoms with E-state index in [1.54, 1.807) is 6.20 Å². The molecule has 0 aromatic carbocycles. The van der Waals surface area contributed by atoms with Crippen molar-refractivity contribution in [1.82, 2.24) is 18.5 Å². The topological polar surface area (TPSA) is 55.6 Å². The van der Waals surface area contributed by atoms with Gasteiger partial charge in [0.2, 0.25) is 0 Å². The van der Waals surface area contributed by atoms with Crippen LogP contribution in [-0.4, -0.2) is 25.6 Å². The van der Waals surface area contributed by atoms with Gasteiger partial charge in [0.1, 0.15) is 5.69 Å². The van der Waals surface area contributed by atoms with E-state index >= 15 is 0 Å². The molecule has 6 heteroatoms. The molecule has 0 saturated carbocycles. The van der Waals surface area contributed by atoms with Crippen molar-refractivity contribution >= 4 is 17.5 Å². The molecule has 0 saturated heterocycles. The zero-order valence-corrected chi connectivity index (χ0v) is 9.58. The maximum absolute atomic E-state index is 4.28. The van der Waals surface area contributed by atoms with Crippen LogP contribution in [0.3, 0.4) is 0 Å². The first-order valence-corrected chi connectivity index (χ1v) is 5.62. The van der Waals surface area contributed by atoms with Crippen molar-refractivity contribution in [2.24, 2.45) is 0 Å². The minimum absolute atomic E-state index is 0.817. The number of hydrogen-bond donors (Lipinski definition) is 1. The van der Waals surface area contributed by atoms with Crippen LogP contribution in [0.1, 0.15) is 13.3 Å². The molecule has 0 fully saturated rings. The number of hydrogen-bond acceptors (Lipinski definition) is 5. The molecule has 0 amide bonds. The molecular formula is C9H13N5S. The largest absolute Gasteiger partial charge is 0.370 e. The summed E-state index contributed by atoms with van der Waals surface area (Å²) in [5, 5.41) is 7.29. The van der Waals surface area contributed by atoms with E-state index in [2.05, 4.69) is 26.1 Å². The van der Waals surface area contributed by atoms with Gasteiger partial charge >= 0.3 is 0 Å². The SMILES string of the molecule is CCCn1nccc1-c1nsnc1NC. The Morgan fingerprint density at radius 2 is 2.33 bits per heavy atom. The Kier molecular flexibility index (Phi) is 2.96. The highest BCUT2D eigenvalue weighted by molar-refractivity contribution is 6.99. The Morgan fingerprint density at radius 3 is 3.07 bits per heavy atom. The quantitative estimate of drug-likeness (QED) is 0.859. The van der Waals surface area contributed by atoms with Gasteiger partial charge in [0, 0.05) is 19.8 Å². The van der Waals surface area contributed by atoms with Gasteiger partial charge in [-0.3, -0.25) is 4.68 Å². The molecule has 15 heavy (non-hydrogen) atoms. The van der Waals surface area contributed by atoms with E-state index in [1.807, 2.05) is 17.8 Å². The molecule has 0 aliphatic carbocycles. The van der Waals surface area contributed by atoms with Crippen LogP contribution >= 0.6 is 11.7 Å². The Bertz CT molecular complexity index is 433. The molecule has 2 rings (SSSR count). The van der Waals surface area contributed by atoms with Gasteiger partial charge < -0.3 is 5.32 Å². The van der Waals surface area contributed by atoms with Crippen molar-refractivity contribution in [1.29, 1.82) is 0 Å². The van der Waals surface area contributed by atoms with Gasteiger partial charge in [0.25, 0.3) is 0 Å². The van der Waals surface area contributed by atoms with E-state index in [-0.39, 0.29) is 0 Å². The van der Waals surface area contributed by atoms with Gasteiger partial charge in [-0.25, -0.2) is 0 Å². The fourth-order valence-electron chi connectivity index (χ4n) is 1.44. The third-order valence-corrected chi connectivity index (χ3v) is 2.65. The van der Waals surface area contributed by atoms with Crippen LogP contribution in [0, 0.1) is 0 Å². The fourth-order valence-corrected chi connectivity index (χ4v) is 2.01. The third-order valence-electron chi connectivity index (χ3n) is 2.12. The summed E-state index contributed by atoms with van der Waals surface area (Å²) in [6, 6.07) is 1.97. The minimum Gasteiger partial charge on any atom is -0.370 e. The van der Waals surface area contributed by atoms with Crippen LogP contribution in [0.2, 0.25) is 0 Å². The van der Waals surface area contributed by atoms with Crippen LogP contribution in [0.25, 0.3) is 11.4 Å². The smallest absolute Gasteiger partial charge is 0.169 e. The zero-order chi connectivity index (χ0) is 10.7. The summed E-state index contributed by atoms with van der Waals surface area (Å²) < 4.78 is 10.4. The number of nitrogens with zero attached hydrogens (tertiary/aromatic N) is 4. The Labute approximate surface area is 92.5 Å². The molecule has 0 aliphatic heterocycles. The van der Waals surface area contributed by atoms with Crippen LogP contribution in [-0.2, 0) is 6.54 Å². The molecule has 80 valence electrons. The van der Waals surface area contributed by atoms with Crippen molar-refractivity contribution in [2.75, 3.05) is 12.4 Å². The van der Waals surface area contributed by atoms with E-state index in [4.69, 9.17) is 0 Å². The lowest BCUT2D eigenvalue weighted by molar-refractivity contribution is 0.608. The number of aryl methyl sites for hydroxylation is 1. The third kappa shape index (κ3) is 1.85. The van der Waals surface area contributed by atoms with Gasteiger partial charge in [0.05, 0.1) is 17.4 Å². The lowest BCUT2D eigenvalue weighted by atomic mass is 10.3. The first kappa shape index (κ1) is 10.1. The highest BCUT2D eigenvalue weighted by Crippen LogP contribution is 2.25. The molecule has 0 bridgehead atoms. The summed E-state index contributed by atoms with van der Waals surface area (Å²) in [4.78, 5) is 0. The molecule has 2 aromatic rings. The normalized spacial score (nSPS) is 10.5. The summed E-state index contributed by atoms with van der Waals surface area (Å²) in [7, 11) is 1.85. The number of rotatable bonds is 4. The Balaban J connectivity index is 2.40. The van der Waals surface area contributed by atoms with E-state index in [9.17, 15) is 0 Å². The number of nitrogens with one attached hydrogen (secondary N) is 1. The Morgan fingerprint density at radius 1 is 1.47 bits per heavy atom. The fraction of sp³-hybridized carbons (Fsp3) is 0.444. The van der Waals surface area contributed by atoms with E-state index in [0.717, 1.165) is 30.2 Å². The number of aromatic nitrogens is 4. The van der Waals surface area contributed by atoms with Crippen molar-refractivity contribution in [2.45, 2.75) is 19.9 Å². The first-order valence-electron chi connectivity index (χ1n) is 4.89. The van der Waals surface area contributed by atoms with E-state index in [1.165, 1.54) is 11.7 Å². The first-order chi connectivity index (χ1) is 7.36. The molecule has 2 heterocycles. The number of anilines is 1. The highest BCUT2D eigenvalue weighted by atomic mass is 32.1. The van der Waals surface area contributed by atoms with Crippen LogP contribution < -0.4 is 5.32 Å². The summed E-state index contributed by atoms with van der Waals surface area (Å²) in [5.41, 5.74) is 1.91. The van der Waals surface area contributed by atoms with Gasteiger partial charge in [-0.1, -0.05) is 6.92 Å². The lowest BCUT2D eigenvalue weighted by Crippen LogP contribution is -2.02. The molecule has 2 aromatic heterocycles. The Hall–Kier alpha value is -1.43. The van der Waals surface area contributed by atoms with Crippen molar-refractivity contribution in [3.63, 3.8) is 0 Å². The van der Waals surface area contributed by atoms with Gasteiger partial charge in [0.15, 0.2) is 5.82 Å². The maximum Gasteiger partial charge on any atom is 0.169 e. The van der Waals surface area contributed by atoms with Crippen molar-refractivity contribution in [3.05, 3.63) is 12.3 Å². The second kappa shape index (κ2) is 4.39. The van der Waals surface area contributed by atoms with Gasteiger partial charge in [-0.15, -0.1) is 0 Å². The summed E-state index contributed by atoms with van der Waals surface area (Å²) >= 11 is 1.21. The zero-order valence-electron chi connectivity index (χ0n) is 8.77. The van der Waals surface area contributed by atoms with E-state index in [0.29, 0.717) is 0 Å². The van der Waals surface area contributed by atoms with Gasteiger partial charge in [-0.2, -0.15) is 13.8 Å². The van der Waals surface area contributed by atoms with Crippen LogP contribution in [0.5, 0.6) is 0 Å². The standard InChI is InChI=1S/C9H13N5S/c1-3-6-14-7(4-5-11-14)8-9(10-2)13-15-12-8/h4-5H,3,6H2,1-2H3,(H,10,13). The summed E-state index contributed by atoms with van der Waals surface area (Å²) in [6.07, 6.45) is 2.85. The molecule has 0 atom stereocenters. The molecule has 0 unspecified atom stereocenters. The molecule has 0 spiro atoms. The van der Waals surface area contributed by atoms with Crippen molar-refractivity contribution < 1.29 is 0 Å². The molecule has 1 N–H and O–H groups in total.